The third kappa shape index (κ3) is 3.10. The van der Waals surface area contributed by atoms with Crippen LogP contribution >= 0.6 is 0 Å². The minimum absolute atomic E-state index is 0.113. The van der Waals surface area contributed by atoms with Gasteiger partial charge in [-0.05, 0) is 36.2 Å². The van der Waals surface area contributed by atoms with E-state index in [-0.39, 0.29) is 17.9 Å². The standard InChI is InChI=1S/C19H21FN4O/c1-11-5-6-15(20)14-10-16(24-17(11)14)19(25)23-13-4-2-3-12(9-13)18-21-7-8-22-18/h2-6,9,16,18,21-22,24H,7-8,10H2,1H3,(H,23,25). The van der Waals surface area contributed by atoms with Gasteiger partial charge < -0.3 is 10.6 Å². The molecule has 4 N–H and O–H groups in total. The van der Waals surface area contributed by atoms with Crippen LogP contribution < -0.4 is 21.3 Å². The zero-order chi connectivity index (χ0) is 17.4. The Morgan fingerprint density at radius 1 is 1.20 bits per heavy atom. The first-order chi connectivity index (χ1) is 12.1. The molecule has 1 atom stereocenters. The van der Waals surface area contributed by atoms with Crippen LogP contribution in [0.15, 0.2) is 36.4 Å². The summed E-state index contributed by atoms with van der Waals surface area (Å²) in [6.45, 7) is 3.77. The largest absolute Gasteiger partial charge is 0.373 e. The molecule has 25 heavy (non-hydrogen) atoms. The molecule has 4 rings (SSSR count). The second kappa shape index (κ2) is 6.46. The molecule has 0 spiro atoms. The van der Waals surface area contributed by atoms with Crippen molar-refractivity contribution in [2.45, 2.75) is 25.6 Å². The number of amides is 1. The van der Waals surface area contributed by atoms with E-state index in [2.05, 4.69) is 21.3 Å². The molecule has 1 saturated heterocycles. The maximum atomic E-state index is 14.0. The number of anilines is 2. The molecule has 2 heterocycles. The number of hydrogen-bond donors (Lipinski definition) is 4. The maximum absolute atomic E-state index is 14.0. The number of aryl methyl sites for hydroxylation is 1. The molecule has 0 bridgehead atoms. The molecule has 1 amide bonds. The van der Waals surface area contributed by atoms with Crippen molar-refractivity contribution in [2.24, 2.45) is 0 Å². The molecule has 2 aromatic carbocycles. The quantitative estimate of drug-likeness (QED) is 0.692. The Morgan fingerprint density at radius 2 is 2.00 bits per heavy atom. The lowest BCUT2D eigenvalue weighted by molar-refractivity contribution is -0.116. The fourth-order valence-electron chi connectivity index (χ4n) is 3.49. The van der Waals surface area contributed by atoms with Gasteiger partial charge in [-0.25, -0.2) is 4.39 Å². The average molecular weight is 340 g/mol. The van der Waals surface area contributed by atoms with Gasteiger partial charge in [-0.15, -0.1) is 0 Å². The van der Waals surface area contributed by atoms with Crippen LogP contribution in [-0.4, -0.2) is 25.0 Å². The molecule has 2 aliphatic heterocycles. The van der Waals surface area contributed by atoms with Crippen molar-refractivity contribution in [1.82, 2.24) is 10.6 Å². The monoisotopic (exact) mass is 340 g/mol. The van der Waals surface area contributed by atoms with E-state index in [9.17, 15) is 9.18 Å². The molecular weight excluding hydrogens is 319 g/mol. The highest BCUT2D eigenvalue weighted by molar-refractivity contribution is 5.98. The molecule has 0 aliphatic carbocycles. The maximum Gasteiger partial charge on any atom is 0.247 e. The van der Waals surface area contributed by atoms with Crippen LogP contribution in [0, 0.1) is 12.7 Å². The Hall–Kier alpha value is -2.44. The molecule has 6 heteroatoms. The lowest BCUT2D eigenvalue weighted by atomic mass is 10.1. The van der Waals surface area contributed by atoms with Gasteiger partial charge in [0.15, 0.2) is 0 Å². The van der Waals surface area contributed by atoms with E-state index < -0.39 is 6.04 Å². The van der Waals surface area contributed by atoms with Gasteiger partial charge in [-0.3, -0.25) is 15.4 Å². The first kappa shape index (κ1) is 16.1. The highest BCUT2D eigenvalue weighted by Gasteiger charge is 2.30. The summed E-state index contributed by atoms with van der Waals surface area (Å²) in [6, 6.07) is 10.5. The van der Waals surface area contributed by atoms with E-state index in [4.69, 9.17) is 0 Å². The fourth-order valence-corrected chi connectivity index (χ4v) is 3.49. The van der Waals surface area contributed by atoms with E-state index in [0.29, 0.717) is 12.0 Å². The minimum atomic E-state index is -0.461. The van der Waals surface area contributed by atoms with Crippen LogP contribution in [0.2, 0.25) is 0 Å². The second-order valence-electron chi connectivity index (χ2n) is 6.57. The molecule has 0 aromatic heterocycles. The van der Waals surface area contributed by atoms with Crippen molar-refractivity contribution in [3.63, 3.8) is 0 Å². The summed E-state index contributed by atoms with van der Waals surface area (Å²) < 4.78 is 14.0. The van der Waals surface area contributed by atoms with Crippen LogP contribution in [-0.2, 0) is 11.2 Å². The fraction of sp³-hybridized carbons (Fsp3) is 0.316. The van der Waals surface area contributed by atoms with Gasteiger partial charge in [-0.2, -0.15) is 0 Å². The van der Waals surface area contributed by atoms with Crippen molar-refractivity contribution < 1.29 is 9.18 Å². The zero-order valence-electron chi connectivity index (χ0n) is 14.0. The van der Waals surface area contributed by atoms with Crippen LogP contribution in [0.25, 0.3) is 0 Å². The third-order valence-corrected chi connectivity index (χ3v) is 4.82. The smallest absolute Gasteiger partial charge is 0.247 e. The van der Waals surface area contributed by atoms with Crippen LogP contribution in [0.4, 0.5) is 15.8 Å². The topological polar surface area (TPSA) is 65.2 Å². The molecule has 5 nitrogen and oxygen atoms in total. The molecule has 2 aliphatic rings. The highest BCUT2D eigenvalue weighted by Crippen LogP contribution is 2.32. The summed E-state index contributed by atoms with van der Waals surface area (Å²) in [5, 5.41) is 12.8. The number of nitrogens with one attached hydrogen (secondary N) is 4. The SMILES string of the molecule is Cc1ccc(F)c2c1NC(C(=O)Nc1cccc(C3NCCN3)c1)C2. The molecule has 2 aromatic rings. The zero-order valence-corrected chi connectivity index (χ0v) is 14.0. The number of hydrogen-bond acceptors (Lipinski definition) is 4. The number of halogens is 1. The van der Waals surface area contributed by atoms with Crippen molar-refractivity contribution in [1.29, 1.82) is 0 Å². The van der Waals surface area contributed by atoms with Crippen LogP contribution in [0.3, 0.4) is 0 Å². The average Bonchev–Trinajstić information content (AvgIpc) is 3.28. The van der Waals surface area contributed by atoms with Gasteiger partial charge in [0.1, 0.15) is 11.9 Å². The van der Waals surface area contributed by atoms with Crippen molar-refractivity contribution >= 4 is 17.3 Å². The highest BCUT2D eigenvalue weighted by atomic mass is 19.1. The van der Waals surface area contributed by atoms with Gasteiger partial charge in [-0.1, -0.05) is 18.2 Å². The molecule has 1 fully saturated rings. The summed E-state index contributed by atoms with van der Waals surface area (Å²) in [6.07, 6.45) is 0.475. The van der Waals surface area contributed by atoms with Crippen LogP contribution in [0.5, 0.6) is 0 Å². The first-order valence-corrected chi connectivity index (χ1v) is 8.54. The predicted octanol–water partition coefficient (Wildman–Crippen LogP) is 2.30. The molecule has 0 saturated carbocycles. The van der Waals surface area contributed by atoms with E-state index >= 15 is 0 Å². The Bertz CT molecular complexity index is 786. The third-order valence-electron chi connectivity index (χ3n) is 4.82. The summed E-state index contributed by atoms with van der Waals surface area (Å²) in [5.74, 6) is -0.414. The van der Waals surface area contributed by atoms with E-state index in [1.807, 2.05) is 31.2 Å². The number of fused-ring (bicyclic) bond motifs is 1. The second-order valence-corrected chi connectivity index (χ2v) is 6.57. The Kier molecular flexibility index (Phi) is 4.15. The molecule has 130 valence electrons. The number of carbonyl (C=O) groups excluding carboxylic acids is 1. The summed E-state index contributed by atoms with van der Waals surface area (Å²) >= 11 is 0. The van der Waals surface area contributed by atoms with E-state index in [1.54, 1.807) is 6.07 Å². The number of rotatable bonds is 3. The number of carbonyl (C=O) groups is 1. The summed E-state index contributed by atoms with van der Waals surface area (Å²) in [7, 11) is 0. The van der Waals surface area contributed by atoms with Gasteiger partial charge in [0, 0.05) is 36.4 Å². The Morgan fingerprint density at radius 3 is 2.76 bits per heavy atom. The van der Waals surface area contributed by atoms with Gasteiger partial charge in [0.2, 0.25) is 5.91 Å². The summed E-state index contributed by atoms with van der Waals surface area (Å²) in [5.41, 5.74) is 4.11. The van der Waals surface area contributed by atoms with Crippen molar-refractivity contribution in [2.75, 3.05) is 23.7 Å². The van der Waals surface area contributed by atoms with Gasteiger partial charge in [0.05, 0.1) is 6.17 Å². The minimum Gasteiger partial charge on any atom is -0.373 e. The van der Waals surface area contributed by atoms with Gasteiger partial charge >= 0.3 is 0 Å². The van der Waals surface area contributed by atoms with Crippen LogP contribution in [0.1, 0.15) is 22.9 Å². The molecule has 1 unspecified atom stereocenters. The Labute approximate surface area is 146 Å². The van der Waals surface area contributed by atoms with Gasteiger partial charge in [0.25, 0.3) is 0 Å². The normalized spacial score (nSPS) is 19.5. The van der Waals surface area contributed by atoms with E-state index in [1.165, 1.54) is 6.07 Å². The Balaban J connectivity index is 1.47. The van der Waals surface area contributed by atoms with E-state index in [0.717, 1.165) is 35.6 Å². The number of benzene rings is 2. The first-order valence-electron chi connectivity index (χ1n) is 8.54. The lowest BCUT2D eigenvalue weighted by Gasteiger charge is -2.15. The molecular formula is C19H21FN4O. The van der Waals surface area contributed by atoms with Crippen molar-refractivity contribution in [3.05, 3.63) is 58.9 Å². The predicted molar refractivity (Wildman–Crippen MR) is 96.1 cm³/mol. The lowest BCUT2D eigenvalue weighted by Crippen LogP contribution is -2.33. The summed E-state index contributed by atoms with van der Waals surface area (Å²) in [4.78, 5) is 12.6. The van der Waals surface area contributed by atoms with Crippen molar-refractivity contribution in [3.8, 4) is 0 Å². The molecule has 0 radical (unpaired) electrons.